The maximum atomic E-state index is 6.45. The van der Waals surface area contributed by atoms with Crippen molar-refractivity contribution in [3.8, 4) is 5.75 Å². The third kappa shape index (κ3) is 4.02. The number of benzene rings is 3. The first kappa shape index (κ1) is 19.3. The molecule has 0 aromatic heterocycles. The van der Waals surface area contributed by atoms with Crippen LogP contribution in [0.25, 0.3) is 10.8 Å². The lowest BCUT2D eigenvalue weighted by atomic mass is 9.91. The van der Waals surface area contributed by atoms with Gasteiger partial charge in [0.2, 0.25) is 0 Å². The molecule has 3 aromatic carbocycles. The summed E-state index contributed by atoms with van der Waals surface area (Å²) in [6, 6.07) is 21.3. The van der Waals surface area contributed by atoms with E-state index in [4.69, 9.17) is 16.3 Å². The lowest BCUT2D eigenvalue weighted by molar-refractivity contribution is 0.234. The molecule has 0 bridgehead atoms. The molecule has 1 aliphatic heterocycles. The summed E-state index contributed by atoms with van der Waals surface area (Å²) in [5.41, 5.74) is 2.45. The summed E-state index contributed by atoms with van der Waals surface area (Å²) in [6.45, 7) is 6.75. The van der Waals surface area contributed by atoms with Gasteiger partial charge in [0.1, 0.15) is 5.75 Å². The van der Waals surface area contributed by atoms with Crippen LogP contribution in [0.3, 0.4) is 0 Å². The molecule has 4 heteroatoms. The number of nitrogens with one attached hydrogen (secondary N) is 1. The van der Waals surface area contributed by atoms with E-state index in [0.717, 1.165) is 48.9 Å². The molecule has 0 radical (unpaired) electrons. The summed E-state index contributed by atoms with van der Waals surface area (Å²) in [5.74, 6) is 0.919. The van der Waals surface area contributed by atoms with Crippen molar-refractivity contribution in [2.24, 2.45) is 0 Å². The van der Waals surface area contributed by atoms with Gasteiger partial charge in [0.25, 0.3) is 0 Å². The van der Waals surface area contributed by atoms with Gasteiger partial charge in [0.05, 0.1) is 12.6 Å². The average molecular weight is 395 g/mol. The molecule has 1 unspecified atom stereocenters. The molecule has 0 saturated carbocycles. The Labute approximate surface area is 172 Å². The van der Waals surface area contributed by atoms with Crippen LogP contribution in [-0.2, 0) is 0 Å². The zero-order valence-corrected chi connectivity index (χ0v) is 17.1. The minimum Gasteiger partial charge on any atom is -0.494 e. The second-order valence-corrected chi connectivity index (χ2v) is 7.66. The van der Waals surface area contributed by atoms with Crippen molar-refractivity contribution in [1.29, 1.82) is 0 Å². The van der Waals surface area contributed by atoms with Crippen molar-refractivity contribution in [2.45, 2.75) is 19.4 Å². The van der Waals surface area contributed by atoms with E-state index >= 15 is 0 Å². The first-order valence-electron chi connectivity index (χ1n) is 10.1. The highest BCUT2D eigenvalue weighted by Gasteiger charge is 2.27. The van der Waals surface area contributed by atoms with Crippen molar-refractivity contribution in [3.63, 3.8) is 0 Å². The van der Waals surface area contributed by atoms with Crippen LogP contribution in [-0.4, -0.2) is 37.7 Å². The second-order valence-electron chi connectivity index (χ2n) is 7.23. The summed E-state index contributed by atoms with van der Waals surface area (Å²) >= 11 is 6.45. The Morgan fingerprint density at radius 1 is 1.00 bits per heavy atom. The van der Waals surface area contributed by atoms with Crippen molar-refractivity contribution < 1.29 is 4.74 Å². The number of rotatable bonds is 5. The summed E-state index contributed by atoms with van der Waals surface area (Å²) in [6.07, 6.45) is 1.13. The molecule has 0 amide bonds. The lowest BCUT2D eigenvalue weighted by Gasteiger charge is -2.33. The lowest BCUT2D eigenvalue weighted by Crippen LogP contribution is -2.33. The molecular formula is C24H27ClN2O. The minimum absolute atomic E-state index is 0.103. The number of fused-ring (bicyclic) bond motifs is 1. The van der Waals surface area contributed by atoms with Crippen LogP contribution in [0.5, 0.6) is 5.75 Å². The van der Waals surface area contributed by atoms with Gasteiger partial charge < -0.3 is 10.1 Å². The van der Waals surface area contributed by atoms with E-state index in [-0.39, 0.29) is 6.04 Å². The molecule has 1 fully saturated rings. The van der Waals surface area contributed by atoms with Crippen LogP contribution in [0.2, 0.25) is 5.02 Å². The van der Waals surface area contributed by atoms with Crippen molar-refractivity contribution >= 4 is 22.4 Å². The van der Waals surface area contributed by atoms with Crippen LogP contribution in [0.15, 0.2) is 60.7 Å². The molecule has 1 atom stereocenters. The van der Waals surface area contributed by atoms with Gasteiger partial charge in [0, 0.05) is 30.2 Å². The van der Waals surface area contributed by atoms with Crippen LogP contribution in [0.1, 0.15) is 30.5 Å². The highest BCUT2D eigenvalue weighted by molar-refractivity contribution is 6.30. The fourth-order valence-corrected chi connectivity index (χ4v) is 4.38. The van der Waals surface area contributed by atoms with Crippen LogP contribution < -0.4 is 10.1 Å². The van der Waals surface area contributed by atoms with Gasteiger partial charge in [-0.1, -0.05) is 54.1 Å². The Kier molecular flexibility index (Phi) is 6.16. The standard InChI is InChI=1S/C24H27ClN2O/c1-2-28-23-12-11-19(25)17-22(23)24(27-15-6-13-26-14-16-27)21-10-5-8-18-7-3-4-9-20(18)21/h3-5,7-12,17,24,26H,2,6,13-16H2,1H3. The van der Waals surface area contributed by atoms with Crippen molar-refractivity contribution in [1.82, 2.24) is 10.2 Å². The third-order valence-corrected chi connectivity index (χ3v) is 5.66. The van der Waals surface area contributed by atoms with Gasteiger partial charge in [-0.2, -0.15) is 0 Å². The third-order valence-electron chi connectivity index (χ3n) is 5.42. The van der Waals surface area contributed by atoms with Gasteiger partial charge in [-0.25, -0.2) is 0 Å². The molecule has 1 aliphatic rings. The summed E-state index contributed by atoms with van der Waals surface area (Å²) < 4.78 is 6.03. The molecule has 3 nitrogen and oxygen atoms in total. The van der Waals surface area contributed by atoms with Crippen LogP contribution in [0.4, 0.5) is 0 Å². The quantitative estimate of drug-likeness (QED) is 0.637. The SMILES string of the molecule is CCOc1ccc(Cl)cc1C(c1cccc2ccccc12)N1CCCNCC1. The van der Waals surface area contributed by atoms with E-state index in [9.17, 15) is 0 Å². The zero-order chi connectivity index (χ0) is 19.3. The van der Waals surface area contributed by atoms with Gasteiger partial charge >= 0.3 is 0 Å². The van der Waals surface area contributed by atoms with E-state index < -0.39 is 0 Å². The van der Waals surface area contributed by atoms with E-state index in [1.54, 1.807) is 0 Å². The molecule has 4 rings (SSSR count). The summed E-state index contributed by atoms with van der Waals surface area (Å²) in [5, 5.41) is 6.82. The Balaban J connectivity index is 1.91. The minimum atomic E-state index is 0.103. The molecule has 3 aromatic rings. The normalized spacial score (nSPS) is 16.6. The first-order valence-corrected chi connectivity index (χ1v) is 10.5. The Bertz CT molecular complexity index is 930. The predicted molar refractivity (Wildman–Crippen MR) is 117 cm³/mol. The van der Waals surface area contributed by atoms with Crippen LogP contribution in [0, 0.1) is 0 Å². The van der Waals surface area contributed by atoms with E-state index in [2.05, 4.69) is 58.7 Å². The van der Waals surface area contributed by atoms with E-state index in [0.29, 0.717) is 6.61 Å². The number of hydrogen-bond acceptors (Lipinski definition) is 3. The molecule has 1 saturated heterocycles. The Morgan fingerprint density at radius 2 is 1.86 bits per heavy atom. The highest BCUT2D eigenvalue weighted by Crippen LogP contribution is 2.39. The Hall–Kier alpha value is -2.07. The maximum Gasteiger partial charge on any atom is 0.124 e. The van der Waals surface area contributed by atoms with Crippen molar-refractivity contribution in [2.75, 3.05) is 32.8 Å². The number of hydrogen-bond donors (Lipinski definition) is 1. The van der Waals surface area contributed by atoms with E-state index in [1.807, 2.05) is 19.1 Å². The smallest absolute Gasteiger partial charge is 0.124 e. The van der Waals surface area contributed by atoms with Gasteiger partial charge in [0.15, 0.2) is 0 Å². The zero-order valence-electron chi connectivity index (χ0n) is 16.3. The topological polar surface area (TPSA) is 24.5 Å². The molecule has 0 spiro atoms. The maximum absolute atomic E-state index is 6.45. The summed E-state index contributed by atoms with van der Waals surface area (Å²) in [7, 11) is 0. The molecular weight excluding hydrogens is 368 g/mol. The fraction of sp³-hybridized carbons (Fsp3) is 0.333. The first-order chi connectivity index (χ1) is 13.8. The van der Waals surface area contributed by atoms with Gasteiger partial charge in [-0.05, 0) is 54.4 Å². The second kappa shape index (κ2) is 8.95. The highest BCUT2D eigenvalue weighted by atomic mass is 35.5. The molecule has 146 valence electrons. The largest absolute Gasteiger partial charge is 0.494 e. The number of ether oxygens (including phenoxy) is 1. The van der Waals surface area contributed by atoms with Gasteiger partial charge in [-0.3, -0.25) is 4.90 Å². The van der Waals surface area contributed by atoms with Crippen molar-refractivity contribution in [3.05, 3.63) is 76.8 Å². The number of halogens is 1. The van der Waals surface area contributed by atoms with Gasteiger partial charge in [-0.15, -0.1) is 0 Å². The molecule has 1 heterocycles. The van der Waals surface area contributed by atoms with E-state index in [1.165, 1.54) is 16.3 Å². The molecule has 1 N–H and O–H groups in total. The predicted octanol–water partition coefficient (Wildman–Crippen LogP) is 5.28. The molecule has 28 heavy (non-hydrogen) atoms. The van der Waals surface area contributed by atoms with Crippen LogP contribution >= 0.6 is 11.6 Å². The summed E-state index contributed by atoms with van der Waals surface area (Å²) in [4.78, 5) is 2.57. The number of nitrogens with zero attached hydrogens (tertiary/aromatic N) is 1. The monoisotopic (exact) mass is 394 g/mol. The fourth-order valence-electron chi connectivity index (χ4n) is 4.19. The molecule has 0 aliphatic carbocycles. The average Bonchev–Trinajstić information content (AvgIpc) is 3.00. The Morgan fingerprint density at radius 3 is 2.75 bits per heavy atom.